The Bertz CT molecular complexity index is 664. The number of nitrogens with zero attached hydrogens (tertiary/aromatic N) is 3. The van der Waals surface area contributed by atoms with E-state index in [-0.39, 0.29) is 5.82 Å². The molecule has 23 heavy (non-hydrogen) atoms. The molecule has 0 amide bonds. The molecule has 4 nitrogen and oxygen atoms in total. The van der Waals surface area contributed by atoms with Crippen LogP contribution in [0.5, 0.6) is 0 Å². The van der Waals surface area contributed by atoms with Crippen molar-refractivity contribution in [1.29, 1.82) is 0 Å². The summed E-state index contributed by atoms with van der Waals surface area (Å²) in [6, 6.07) is 6.56. The molecule has 0 bridgehead atoms. The van der Waals surface area contributed by atoms with E-state index in [1.165, 1.54) is 17.0 Å². The summed E-state index contributed by atoms with van der Waals surface area (Å²) in [5.41, 5.74) is 2.10. The first-order valence-electron chi connectivity index (χ1n) is 7.66. The third-order valence-corrected chi connectivity index (χ3v) is 4.46. The van der Waals surface area contributed by atoms with Crippen molar-refractivity contribution in [3.8, 4) is 0 Å². The molecule has 2 aromatic rings. The molecule has 0 aliphatic heterocycles. The average Bonchev–Trinajstić information content (AvgIpc) is 2.83. The van der Waals surface area contributed by atoms with Crippen LogP contribution in [0, 0.1) is 19.7 Å². The minimum Gasteiger partial charge on any atom is -0.357 e. The highest BCUT2D eigenvalue weighted by molar-refractivity contribution is 7.11. The van der Waals surface area contributed by atoms with Crippen LogP contribution in [-0.2, 0) is 13.1 Å². The van der Waals surface area contributed by atoms with Crippen LogP contribution in [0.1, 0.15) is 28.1 Å². The number of thiazole rings is 1. The first-order chi connectivity index (χ1) is 11.0. The van der Waals surface area contributed by atoms with Crippen LogP contribution in [0.2, 0.25) is 0 Å². The number of hydrogen-bond donors (Lipinski definition) is 1. The van der Waals surface area contributed by atoms with Gasteiger partial charge in [0, 0.05) is 25.0 Å². The fourth-order valence-corrected chi connectivity index (χ4v) is 3.14. The van der Waals surface area contributed by atoms with Gasteiger partial charge in [0.25, 0.3) is 0 Å². The van der Waals surface area contributed by atoms with E-state index in [9.17, 15) is 4.39 Å². The molecule has 1 heterocycles. The van der Waals surface area contributed by atoms with Gasteiger partial charge in [-0.15, -0.1) is 11.3 Å². The van der Waals surface area contributed by atoms with Crippen molar-refractivity contribution >= 4 is 17.3 Å². The van der Waals surface area contributed by atoms with Crippen LogP contribution in [0.25, 0.3) is 0 Å². The fourth-order valence-electron chi connectivity index (χ4n) is 2.28. The number of aliphatic imine (C=N–C) groups is 1. The molecule has 0 radical (unpaired) electrons. The van der Waals surface area contributed by atoms with E-state index in [2.05, 4.69) is 10.3 Å². The predicted molar refractivity (Wildman–Crippen MR) is 94.3 cm³/mol. The molecule has 0 fully saturated rings. The summed E-state index contributed by atoms with van der Waals surface area (Å²) < 4.78 is 13.0. The Balaban J connectivity index is 2.08. The highest BCUT2D eigenvalue weighted by atomic mass is 32.1. The lowest BCUT2D eigenvalue weighted by Crippen LogP contribution is -2.38. The number of rotatable bonds is 5. The lowest BCUT2D eigenvalue weighted by molar-refractivity contribution is 0.476. The number of benzene rings is 1. The van der Waals surface area contributed by atoms with Crippen molar-refractivity contribution in [2.45, 2.75) is 33.9 Å². The second kappa shape index (κ2) is 8.06. The van der Waals surface area contributed by atoms with Gasteiger partial charge < -0.3 is 10.2 Å². The van der Waals surface area contributed by atoms with Gasteiger partial charge in [0.15, 0.2) is 5.96 Å². The Morgan fingerprint density at radius 1 is 1.30 bits per heavy atom. The van der Waals surface area contributed by atoms with Gasteiger partial charge in [-0.25, -0.2) is 14.4 Å². The summed E-state index contributed by atoms with van der Waals surface area (Å²) in [7, 11) is 1.98. The molecule has 0 spiro atoms. The monoisotopic (exact) mass is 334 g/mol. The molecule has 2 rings (SSSR count). The Labute approximate surface area is 141 Å². The van der Waals surface area contributed by atoms with Crippen molar-refractivity contribution < 1.29 is 4.39 Å². The minimum atomic E-state index is -0.215. The summed E-state index contributed by atoms with van der Waals surface area (Å²) in [6.45, 7) is 8.16. The number of nitrogens with one attached hydrogen (secondary N) is 1. The molecule has 124 valence electrons. The average molecular weight is 334 g/mol. The van der Waals surface area contributed by atoms with Crippen LogP contribution in [-0.4, -0.2) is 29.4 Å². The Morgan fingerprint density at radius 3 is 2.57 bits per heavy atom. The quantitative estimate of drug-likeness (QED) is 0.672. The third-order valence-electron chi connectivity index (χ3n) is 3.40. The van der Waals surface area contributed by atoms with E-state index < -0.39 is 0 Å². The van der Waals surface area contributed by atoms with E-state index >= 15 is 0 Å². The van der Waals surface area contributed by atoms with Crippen LogP contribution in [0.15, 0.2) is 29.3 Å². The smallest absolute Gasteiger partial charge is 0.194 e. The zero-order chi connectivity index (χ0) is 16.8. The molecule has 0 saturated heterocycles. The van der Waals surface area contributed by atoms with E-state index in [1.54, 1.807) is 23.5 Å². The number of halogens is 1. The molecule has 0 aliphatic rings. The van der Waals surface area contributed by atoms with Crippen LogP contribution < -0.4 is 5.32 Å². The number of aryl methyl sites for hydroxylation is 2. The highest BCUT2D eigenvalue weighted by Crippen LogP contribution is 2.18. The Morgan fingerprint density at radius 2 is 2.00 bits per heavy atom. The zero-order valence-corrected chi connectivity index (χ0v) is 14.9. The first-order valence-corrected chi connectivity index (χ1v) is 8.48. The fraction of sp³-hybridized carbons (Fsp3) is 0.412. The summed E-state index contributed by atoms with van der Waals surface area (Å²) in [4.78, 5) is 12.4. The molecule has 0 aliphatic carbocycles. The Kier molecular flexibility index (Phi) is 6.10. The molecule has 1 aromatic carbocycles. The number of hydrogen-bond acceptors (Lipinski definition) is 3. The van der Waals surface area contributed by atoms with Gasteiger partial charge in [-0.2, -0.15) is 0 Å². The van der Waals surface area contributed by atoms with E-state index in [4.69, 9.17) is 4.99 Å². The van der Waals surface area contributed by atoms with Gasteiger partial charge >= 0.3 is 0 Å². The molecule has 1 N–H and O–H groups in total. The van der Waals surface area contributed by atoms with Gasteiger partial charge in [-0.1, -0.05) is 12.1 Å². The maximum atomic E-state index is 13.0. The molecule has 1 aromatic heterocycles. The summed E-state index contributed by atoms with van der Waals surface area (Å²) in [5, 5.41) is 4.36. The molecule has 0 saturated carbocycles. The van der Waals surface area contributed by atoms with Crippen molar-refractivity contribution in [3.63, 3.8) is 0 Å². The summed E-state index contributed by atoms with van der Waals surface area (Å²) >= 11 is 1.69. The molecule has 0 atom stereocenters. The second-order valence-electron chi connectivity index (χ2n) is 5.39. The van der Waals surface area contributed by atoms with Crippen molar-refractivity contribution in [1.82, 2.24) is 15.2 Å². The number of aromatic nitrogens is 1. The van der Waals surface area contributed by atoms with Crippen molar-refractivity contribution in [2.75, 3.05) is 13.6 Å². The maximum Gasteiger partial charge on any atom is 0.194 e. The predicted octanol–water partition coefficient (Wildman–Crippen LogP) is 3.50. The van der Waals surface area contributed by atoms with Crippen LogP contribution in [0.3, 0.4) is 0 Å². The third kappa shape index (κ3) is 5.03. The molecule has 0 unspecified atom stereocenters. The van der Waals surface area contributed by atoms with E-state index in [1.807, 2.05) is 32.7 Å². The Hall–Kier alpha value is -1.95. The normalized spacial score (nSPS) is 11.6. The first kappa shape index (κ1) is 17.4. The van der Waals surface area contributed by atoms with Gasteiger partial charge in [0.05, 0.1) is 17.2 Å². The SMILES string of the molecule is CCNC(=NCc1sc(C)nc1C)N(C)Cc1ccc(F)cc1. The van der Waals surface area contributed by atoms with Gasteiger partial charge in [0.2, 0.25) is 0 Å². The largest absolute Gasteiger partial charge is 0.357 e. The van der Waals surface area contributed by atoms with Gasteiger partial charge in [0.1, 0.15) is 5.82 Å². The lowest BCUT2D eigenvalue weighted by Gasteiger charge is -2.22. The topological polar surface area (TPSA) is 40.5 Å². The van der Waals surface area contributed by atoms with Crippen molar-refractivity contribution in [2.24, 2.45) is 4.99 Å². The van der Waals surface area contributed by atoms with Crippen LogP contribution in [0.4, 0.5) is 4.39 Å². The van der Waals surface area contributed by atoms with Crippen molar-refractivity contribution in [3.05, 3.63) is 51.2 Å². The molecular formula is C17H23FN4S. The minimum absolute atomic E-state index is 0.215. The highest BCUT2D eigenvalue weighted by Gasteiger charge is 2.09. The van der Waals surface area contributed by atoms with Crippen LogP contribution >= 0.6 is 11.3 Å². The van der Waals surface area contributed by atoms with E-state index in [0.717, 1.165) is 28.8 Å². The molecule has 6 heteroatoms. The number of guanidine groups is 1. The zero-order valence-electron chi connectivity index (χ0n) is 14.1. The van der Waals surface area contributed by atoms with E-state index in [0.29, 0.717) is 13.1 Å². The second-order valence-corrected chi connectivity index (χ2v) is 6.68. The maximum absolute atomic E-state index is 13.0. The summed E-state index contributed by atoms with van der Waals surface area (Å²) in [6.07, 6.45) is 0. The van der Waals surface area contributed by atoms with Gasteiger partial charge in [-0.3, -0.25) is 0 Å². The lowest BCUT2D eigenvalue weighted by atomic mass is 10.2. The summed E-state index contributed by atoms with van der Waals surface area (Å²) in [5.74, 6) is 0.621. The standard InChI is InChI=1S/C17H23FN4S/c1-5-19-17(20-10-16-12(2)21-13(3)23-16)22(4)11-14-6-8-15(18)9-7-14/h6-9H,5,10-11H2,1-4H3,(H,19,20). The molecular weight excluding hydrogens is 311 g/mol. The van der Waals surface area contributed by atoms with Gasteiger partial charge in [-0.05, 0) is 38.5 Å².